The molecule has 116 valence electrons. The van der Waals surface area contributed by atoms with Gasteiger partial charge >= 0.3 is 5.97 Å². The predicted molar refractivity (Wildman–Crippen MR) is 80.4 cm³/mol. The Morgan fingerprint density at radius 3 is 2.38 bits per heavy atom. The van der Waals surface area contributed by atoms with Crippen LogP contribution < -0.4 is 10.1 Å². The number of carbonyl (C=O) groups is 2. The number of halogens is 1. The molecule has 1 unspecified atom stereocenters. The molecule has 1 N–H and O–H groups in total. The van der Waals surface area contributed by atoms with E-state index in [1.165, 1.54) is 0 Å². The molecule has 0 heterocycles. The van der Waals surface area contributed by atoms with Crippen LogP contribution >= 0.6 is 11.6 Å². The van der Waals surface area contributed by atoms with E-state index in [4.69, 9.17) is 21.1 Å². The summed E-state index contributed by atoms with van der Waals surface area (Å²) >= 11 is 5.79. The lowest BCUT2D eigenvalue weighted by molar-refractivity contribution is -0.148. The third-order valence-corrected chi connectivity index (χ3v) is 2.97. The monoisotopic (exact) mass is 313 g/mol. The van der Waals surface area contributed by atoms with Crippen molar-refractivity contribution < 1.29 is 19.1 Å². The van der Waals surface area contributed by atoms with Gasteiger partial charge in [-0.05, 0) is 52.0 Å². The summed E-state index contributed by atoms with van der Waals surface area (Å²) in [5.74, 6) is -0.366. The van der Waals surface area contributed by atoms with Gasteiger partial charge in [-0.15, -0.1) is 0 Å². The minimum atomic E-state index is -1.13. The molecule has 6 heteroatoms. The van der Waals surface area contributed by atoms with Gasteiger partial charge in [0.25, 0.3) is 5.91 Å². The van der Waals surface area contributed by atoms with Crippen LogP contribution in [0.25, 0.3) is 0 Å². The second kappa shape index (κ2) is 7.31. The van der Waals surface area contributed by atoms with Gasteiger partial charge in [0.05, 0.1) is 6.61 Å². The fourth-order valence-corrected chi connectivity index (χ4v) is 1.67. The van der Waals surface area contributed by atoms with E-state index in [2.05, 4.69) is 5.32 Å². The van der Waals surface area contributed by atoms with Gasteiger partial charge < -0.3 is 14.8 Å². The standard InChI is InChI=1S/C15H20ClNO4/c1-5-20-13(18)10(2)17-14(19)15(3,4)21-12-8-6-11(16)7-9-12/h6-10H,5H2,1-4H3,(H,17,19). The van der Waals surface area contributed by atoms with Gasteiger partial charge in [0.15, 0.2) is 5.60 Å². The van der Waals surface area contributed by atoms with E-state index < -0.39 is 23.5 Å². The zero-order valence-corrected chi connectivity index (χ0v) is 13.4. The summed E-state index contributed by atoms with van der Waals surface area (Å²) in [5, 5.41) is 3.16. The molecule has 0 fully saturated rings. The minimum absolute atomic E-state index is 0.268. The molecule has 1 aromatic carbocycles. The average molecular weight is 314 g/mol. The van der Waals surface area contributed by atoms with Gasteiger partial charge in [0.2, 0.25) is 0 Å². The lowest BCUT2D eigenvalue weighted by atomic mass is 10.1. The fraction of sp³-hybridized carbons (Fsp3) is 0.467. The highest BCUT2D eigenvalue weighted by molar-refractivity contribution is 6.30. The normalized spacial score (nSPS) is 12.4. The maximum absolute atomic E-state index is 12.2. The Hall–Kier alpha value is -1.75. The smallest absolute Gasteiger partial charge is 0.328 e. The summed E-state index contributed by atoms with van der Waals surface area (Å²) in [6.45, 7) is 6.78. The number of hydrogen-bond donors (Lipinski definition) is 1. The maximum atomic E-state index is 12.2. The first kappa shape index (κ1) is 17.3. The zero-order valence-electron chi connectivity index (χ0n) is 12.6. The van der Waals surface area contributed by atoms with E-state index in [-0.39, 0.29) is 6.61 Å². The summed E-state index contributed by atoms with van der Waals surface area (Å²) < 4.78 is 10.5. The number of esters is 1. The number of amides is 1. The molecule has 0 aromatic heterocycles. The summed E-state index contributed by atoms with van der Waals surface area (Å²) in [5.41, 5.74) is -1.13. The molecule has 5 nitrogen and oxygen atoms in total. The number of nitrogens with one attached hydrogen (secondary N) is 1. The predicted octanol–water partition coefficient (Wildman–Crippen LogP) is 2.57. The molecule has 1 rings (SSSR count). The van der Waals surface area contributed by atoms with Crippen molar-refractivity contribution in [3.05, 3.63) is 29.3 Å². The Balaban J connectivity index is 2.66. The van der Waals surface area contributed by atoms with Gasteiger partial charge in [-0.2, -0.15) is 0 Å². The fourth-order valence-electron chi connectivity index (χ4n) is 1.54. The lowest BCUT2D eigenvalue weighted by Crippen LogP contribution is -2.51. The summed E-state index contributed by atoms with van der Waals surface area (Å²) in [6.07, 6.45) is 0. The Morgan fingerprint density at radius 1 is 1.29 bits per heavy atom. The molecular weight excluding hydrogens is 294 g/mol. The lowest BCUT2D eigenvalue weighted by Gasteiger charge is -2.26. The van der Waals surface area contributed by atoms with Gasteiger partial charge in [-0.25, -0.2) is 4.79 Å². The van der Waals surface area contributed by atoms with Crippen molar-refractivity contribution in [2.45, 2.75) is 39.3 Å². The van der Waals surface area contributed by atoms with Crippen molar-refractivity contribution >= 4 is 23.5 Å². The van der Waals surface area contributed by atoms with Crippen LogP contribution in [0.5, 0.6) is 5.75 Å². The average Bonchev–Trinajstić information content (AvgIpc) is 2.41. The molecule has 1 aromatic rings. The van der Waals surface area contributed by atoms with E-state index in [9.17, 15) is 9.59 Å². The second-order valence-electron chi connectivity index (χ2n) is 5.01. The molecule has 21 heavy (non-hydrogen) atoms. The van der Waals surface area contributed by atoms with Gasteiger partial charge in [-0.3, -0.25) is 4.79 Å². The highest BCUT2D eigenvalue weighted by Gasteiger charge is 2.32. The van der Waals surface area contributed by atoms with Gasteiger partial charge in [-0.1, -0.05) is 11.6 Å². The van der Waals surface area contributed by atoms with E-state index in [0.29, 0.717) is 10.8 Å². The summed E-state index contributed by atoms with van der Waals surface area (Å²) in [6, 6.07) is 5.96. The van der Waals surface area contributed by atoms with Crippen molar-refractivity contribution in [3.63, 3.8) is 0 Å². The van der Waals surface area contributed by atoms with Crippen LogP contribution in [-0.2, 0) is 14.3 Å². The first-order valence-corrected chi connectivity index (χ1v) is 7.06. The Labute approximate surface area is 129 Å². The molecule has 0 saturated carbocycles. The number of benzene rings is 1. The highest BCUT2D eigenvalue weighted by Crippen LogP contribution is 2.21. The van der Waals surface area contributed by atoms with Crippen LogP contribution in [0.1, 0.15) is 27.7 Å². The molecule has 0 spiro atoms. The Morgan fingerprint density at radius 2 is 1.86 bits per heavy atom. The molecule has 0 aliphatic heterocycles. The number of rotatable bonds is 6. The molecule has 0 aliphatic rings. The first-order chi connectivity index (χ1) is 9.76. The molecule has 0 saturated heterocycles. The second-order valence-corrected chi connectivity index (χ2v) is 5.45. The quantitative estimate of drug-likeness (QED) is 0.820. The van der Waals surface area contributed by atoms with Crippen LogP contribution in [0.15, 0.2) is 24.3 Å². The Bertz CT molecular complexity index is 499. The van der Waals surface area contributed by atoms with Crippen molar-refractivity contribution in [3.8, 4) is 5.75 Å². The SMILES string of the molecule is CCOC(=O)C(C)NC(=O)C(C)(C)Oc1ccc(Cl)cc1. The summed E-state index contributed by atoms with van der Waals surface area (Å²) in [4.78, 5) is 23.7. The number of ether oxygens (including phenoxy) is 2. The van der Waals surface area contributed by atoms with E-state index in [1.807, 2.05) is 0 Å². The van der Waals surface area contributed by atoms with Crippen molar-refractivity contribution in [2.75, 3.05) is 6.61 Å². The highest BCUT2D eigenvalue weighted by atomic mass is 35.5. The number of carbonyl (C=O) groups excluding carboxylic acids is 2. The van der Waals surface area contributed by atoms with E-state index in [1.54, 1.807) is 52.0 Å². The zero-order chi connectivity index (χ0) is 16.0. The molecule has 0 bridgehead atoms. The molecule has 0 aliphatic carbocycles. The third-order valence-electron chi connectivity index (χ3n) is 2.72. The van der Waals surface area contributed by atoms with Crippen LogP contribution in [-0.4, -0.2) is 30.1 Å². The van der Waals surface area contributed by atoms with Crippen LogP contribution in [0.3, 0.4) is 0 Å². The van der Waals surface area contributed by atoms with Crippen LogP contribution in [0.4, 0.5) is 0 Å². The maximum Gasteiger partial charge on any atom is 0.328 e. The van der Waals surface area contributed by atoms with E-state index >= 15 is 0 Å². The topological polar surface area (TPSA) is 64.6 Å². The molecule has 0 radical (unpaired) electrons. The van der Waals surface area contributed by atoms with Gasteiger partial charge in [0, 0.05) is 5.02 Å². The van der Waals surface area contributed by atoms with Crippen LogP contribution in [0, 0.1) is 0 Å². The first-order valence-electron chi connectivity index (χ1n) is 6.68. The van der Waals surface area contributed by atoms with Crippen molar-refractivity contribution in [1.82, 2.24) is 5.32 Å². The van der Waals surface area contributed by atoms with Gasteiger partial charge in [0.1, 0.15) is 11.8 Å². The van der Waals surface area contributed by atoms with Crippen molar-refractivity contribution in [1.29, 1.82) is 0 Å². The number of hydrogen-bond acceptors (Lipinski definition) is 4. The molecular formula is C15H20ClNO4. The summed E-state index contributed by atoms with van der Waals surface area (Å²) in [7, 11) is 0. The van der Waals surface area contributed by atoms with Crippen molar-refractivity contribution in [2.24, 2.45) is 0 Å². The molecule has 1 atom stereocenters. The third kappa shape index (κ3) is 5.27. The molecule has 1 amide bonds. The van der Waals surface area contributed by atoms with E-state index in [0.717, 1.165) is 0 Å². The Kier molecular flexibility index (Phi) is 6.03. The largest absolute Gasteiger partial charge is 0.478 e. The van der Waals surface area contributed by atoms with Crippen LogP contribution in [0.2, 0.25) is 5.02 Å². The minimum Gasteiger partial charge on any atom is -0.478 e.